The highest BCUT2D eigenvalue weighted by Crippen LogP contribution is 2.28. The van der Waals surface area contributed by atoms with E-state index in [0.29, 0.717) is 18.8 Å². The maximum Gasteiger partial charge on any atom is 0.412 e. The highest BCUT2D eigenvalue weighted by Gasteiger charge is 2.20. The van der Waals surface area contributed by atoms with Gasteiger partial charge in [0.25, 0.3) is 0 Å². The molecule has 3 amide bonds. The Morgan fingerprint density at radius 2 is 1.95 bits per heavy atom. The minimum absolute atomic E-state index is 0.140. The van der Waals surface area contributed by atoms with E-state index in [2.05, 4.69) is 31.9 Å². The van der Waals surface area contributed by atoms with E-state index in [9.17, 15) is 9.59 Å². The van der Waals surface area contributed by atoms with Gasteiger partial charge in [-0.3, -0.25) is 5.32 Å². The topological polar surface area (TPSA) is 79.5 Å². The lowest BCUT2D eigenvalue weighted by Gasteiger charge is -2.24. The number of rotatable bonds is 2. The molecule has 0 saturated carbocycles. The van der Waals surface area contributed by atoms with Crippen LogP contribution in [0.2, 0.25) is 0 Å². The zero-order chi connectivity index (χ0) is 16.3. The summed E-state index contributed by atoms with van der Waals surface area (Å²) < 4.78 is 6.00. The molecule has 0 aliphatic carbocycles. The number of carbonyl (C=O) groups is 2. The maximum absolute atomic E-state index is 11.8. The standard InChI is InChI=1S/C15H20BrN3O3/c1-15(2,3)22-14(21)19-12-5-4-9(6-11(12)16)10-7-17-13(20)18-8-10/h4-6,10H,7-8H2,1-3H3,(H,19,21)(H2,17,18,20). The zero-order valence-corrected chi connectivity index (χ0v) is 14.4. The fourth-order valence-corrected chi connectivity index (χ4v) is 2.60. The van der Waals surface area contributed by atoms with Gasteiger partial charge < -0.3 is 15.4 Å². The van der Waals surface area contributed by atoms with E-state index in [1.807, 2.05) is 39.0 Å². The van der Waals surface area contributed by atoms with Gasteiger partial charge in [-0.2, -0.15) is 0 Å². The van der Waals surface area contributed by atoms with E-state index in [1.165, 1.54) is 0 Å². The molecule has 1 aromatic carbocycles. The van der Waals surface area contributed by atoms with Crippen molar-refractivity contribution >= 4 is 33.7 Å². The SMILES string of the molecule is CC(C)(C)OC(=O)Nc1ccc(C2CNC(=O)NC2)cc1Br. The van der Waals surface area contributed by atoms with Crippen LogP contribution in [-0.4, -0.2) is 30.8 Å². The molecule has 7 heteroatoms. The van der Waals surface area contributed by atoms with Crippen molar-refractivity contribution in [1.29, 1.82) is 0 Å². The summed E-state index contributed by atoms with van der Waals surface area (Å²) in [4.78, 5) is 22.9. The van der Waals surface area contributed by atoms with Gasteiger partial charge in [-0.15, -0.1) is 0 Å². The van der Waals surface area contributed by atoms with Crippen molar-refractivity contribution in [2.75, 3.05) is 18.4 Å². The number of halogens is 1. The molecule has 0 radical (unpaired) electrons. The van der Waals surface area contributed by atoms with Crippen LogP contribution in [0.1, 0.15) is 32.3 Å². The average Bonchev–Trinajstić information content (AvgIpc) is 2.40. The molecule has 1 fully saturated rings. The van der Waals surface area contributed by atoms with Crippen molar-refractivity contribution in [3.8, 4) is 0 Å². The van der Waals surface area contributed by atoms with E-state index in [4.69, 9.17) is 4.74 Å². The summed E-state index contributed by atoms with van der Waals surface area (Å²) in [5.74, 6) is 0.199. The summed E-state index contributed by atoms with van der Waals surface area (Å²) >= 11 is 3.46. The Balaban J connectivity index is 2.03. The molecule has 1 aliphatic rings. The molecular weight excluding hydrogens is 350 g/mol. The van der Waals surface area contributed by atoms with Gasteiger partial charge in [0.15, 0.2) is 0 Å². The quantitative estimate of drug-likeness (QED) is 0.748. The van der Waals surface area contributed by atoms with Gasteiger partial charge >= 0.3 is 12.1 Å². The second kappa shape index (κ2) is 6.56. The number of hydrogen-bond acceptors (Lipinski definition) is 3. The number of benzene rings is 1. The van der Waals surface area contributed by atoms with E-state index in [1.54, 1.807) is 0 Å². The van der Waals surface area contributed by atoms with Crippen LogP contribution in [0.5, 0.6) is 0 Å². The molecule has 6 nitrogen and oxygen atoms in total. The van der Waals surface area contributed by atoms with E-state index >= 15 is 0 Å². The highest BCUT2D eigenvalue weighted by atomic mass is 79.9. The first-order chi connectivity index (χ1) is 10.2. The van der Waals surface area contributed by atoms with Crippen molar-refractivity contribution in [3.05, 3.63) is 28.2 Å². The number of amides is 3. The summed E-state index contributed by atoms with van der Waals surface area (Å²) in [5.41, 5.74) is 1.18. The monoisotopic (exact) mass is 369 g/mol. The largest absolute Gasteiger partial charge is 0.444 e. The van der Waals surface area contributed by atoms with Gasteiger partial charge in [0, 0.05) is 23.5 Å². The number of nitrogens with one attached hydrogen (secondary N) is 3. The van der Waals surface area contributed by atoms with Crippen LogP contribution in [-0.2, 0) is 4.74 Å². The number of hydrogen-bond donors (Lipinski definition) is 3. The molecule has 1 heterocycles. The molecule has 0 spiro atoms. The summed E-state index contributed by atoms with van der Waals surface area (Å²) in [5, 5.41) is 8.25. The average molecular weight is 370 g/mol. The lowest BCUT2D eigenvalue weighted by atomic mass is 9.97. The van der Waals surface area contributed by atoms with Crippen LogP contribution in [0.3, 0.4) is 0 Å². The number of anilines is 1. The van der Waals surface area contributed by atoms with Crippen molar-refractivity contribution < 1.29 is 14.3 Å². The second-order valence-electron chi connectivity index (χ2n) is 6.15. The number of urea groups is 1. The first-order valence-corrected chi connectivity index (χ1v) is 7.85. The van der Waals surface area contributed by atoms with Crippen LogP contribution in [0.4, 0.5) is 15.3 Å². The van der Waals surface area contributed by atoms with Crippen molar-refractivity contribution in [2.45, 2.75) is 32.3 Å². The summed E-state index contributed by atoms with van der Waals surface area (Å²) in [7, 11) is 0. The number of ether oxygens (including phenoxy) is 1. The summed E-state index contributed by atoms with van der Waals surface area (Å²) in [6, 6.07) is 5.55. The molecule has 0 unspecified atom stereocenters. The van der Waals surface area contributed by atoms with Gasteiger partial charge in [0.2, 0.25) is 0 Å². The van der Waals surface area contributed by atoms with E-state index < -0.39 is 11.7 Å². The molecule has 1 saturated heterocycles. The van der Waals surface area contributed by atoms with Gasteiger partial charge in [-0.25, -0.2) is 9.59 Å². The van der Waals surface area contributed by atoms with Crippen molar-refractivity contribution in [1.82, 2.24) is 10.6 Å². The van der Waals surface area contributed by atoms with E-state index in [0.717, 1.165) is 10.0 Å². The Bertz CT molecular complexity index is 574. The maximum atomic E-state index is 11.8. The third kappa shape index (κ3) is 4.62. The zero-order valence-electron chi connectivity index (χ0n) is 12.8. The number of carbonyl (C=O) groups excluding carboxylic acids is 2. The lowest BCUT2D eigenvalue weighted by molar-refractivity contribution is 0.0636. The van der Waals surface area contributed by atoms with E-state index in [-0.39, 0.29) is 11.9 Å². The molecule has 0 atom stereocenters. The molecule has 1 aliphatic heterocycles. The first kappa shape index (κ1) is 16.6. The molecule has 0 aromatic heterocycles. The highest BCUT2D eigenvalue weighted by molar-refractivity contribution is 9.10. The lowest BCUT2D eigenvalue weighted by Crippen LogP contribution is -2.47. The van der Waals surface area contributed by atoms with Crippen molar-refractivity contribution in [2.24, 2.45) is 0 Å². The van der Waals surface area contributed by atoms with Crippen LogP contribution < -0.4 is 16.0 Å². The Morgan fingerprint density at radius 3 is 2.50 bits per heavy atom. The predicted molar refractivity (Wildman–Crippen MR) is 88.1 cm³/mol. The molecule has 0 bridgehead atoms. The second-order valence-corrected chi connectivity index (χ2v) is 7.01. The molecular formula is C15H20BrN3O3. The normalized spacial score (nSPS) is 15.7. The van der Waals surface area contributed by atoms with Gasteiger partial charge in [0.1, 0.15) is 5.60 Å². The first-order valence-electron chi connectivity index (χ1n) is 7.06. The summed E-state index contributed by atoms with van der Waals surface area (Å²) in [6.07, 6.45) is -0.493. The third-order valence-corrected chi connectivity index (χ3v) is 3.77. The van der Waals surface area contributed by atoms with Crippen molar-refractivity contribution in [3.63, 3.8) is 0 Å². The van der Waals surface area contributed by atoms with Crippen LogP contribution in [0, 0.1) is 0 Å². The molecule has 1 aromatic rings. The Morgan fingerprint density at radius 1 is 1.32 bits per heavy atom. The molecule has 3 N–H and O–H groups in total. The Labute approximate surface area is 138 Å². The molecule has 2 rings (SSSR count). The third-order valence-electron chi connectivity index (χ3n) is 3.12. The Hall–Kier alpha value is -1.76. The van der Waals surface area contributed by atoms with Crippen LogP contribution in [0.25, 0.3) is 0 Å². The van der Waals surface area contributed by atoms with Gasteiger partial charge in [-0.05, 0) is 54.4 Å². The Kier molecular flexibility index (Phi) is 4.95. The minimum Gasteiger partial charge on any atom is -0.444 e. The fourth-order valence-electron chi connectivity index (χ4n) is 2.10. The van der Waals surface area contributed by atoms with Gasteiger partial charge in [0.05, 0.1) is 5.69 Å². The minimum atomic E-state index is -0.539. The van der Waals surface area contributed by atoms with Crippen LogP contribution in [0.15, 0.2) is 22.7 Å². The van der Waals surface area contributed by atoms with Crippen LogP contribution >= 0.6 is 15.9 Å². The molecule has 120 valence electrons. The predicted octanol–water partition coefficient (Wildman–Crippen LogP) is 3.19. The van der Waals surface area contributed by atoms with Gasteiger partial charge in [-0.1, -0.05) is 6.07 Å². The smallest absolute Gasteiger partial charge is 0.412 e. The fraction of sp³-hybridized carbons (Fsp3) is 0.467. The summed E-state index contributed by atoms with van der Waals surface area (Å²) in [6.45, 7) is 6.63. The molecule has 22 heavy (non-hydrogen) atoms.